The Morgan fingerprint density at radius 3 is 2.80 bits per heavy atom. The van der Waals surface area contributed by atoms with Crippen molar-refractivity contribution in [3.05, 3.63) is 48.2 Å². The maximum absolute atomic E-state index is 10.9. The number of carboxylic acids is 1. The smallest absolute Gasteiger partial charge is 0.325 e. The lowest BCUT2D eigenvalue weighted by molar-refractivity contribution is -0.137. The zero-order chi connectivity index (χ0) is 21.3. The van der Waals surface area contributed by atoms with Gasteiger partial charge in [0.25, 0.3) is 5.89 Å². The van der Waals surface area contributed by atoms with Crippen molar-refractivity contribution in [1.82, 2.24) is 19.9 Å². The first-order valence-corrected chi connectivity index (χ1v) is 9.17. The number of benzene rings is 2. The fourth-order valence-corrected chi connectivity index (χ4v) is 3.05. The van der Waals surface area contributed by atoms with Crippen LogP contribution in [0.3, 0.4) is 0 Å². The summed E-state index contributed by atoms with van der Waals surface area (Å²) in [5, 5.41) is 27.3. The first-order chi connectivity index (χ1) is 14.4. The fourth-order valence-electron chi connectivity index (χ4n) is 3.05. The second-order valence-electron chi connectivity index (χ2n) is 6.88. The van der Waals surface area contributed by atoms with Gasteiger partial charge in [0.1, 0.15) is 18.4 Å². The van der Waals surface area contributed by atoms with E-state index in [2.05, 4.69) is 21.3 Å². The number of hydrogen-bond donors (Lipinski definition) is 1. The van der Waals surface area contributed by atoms with Gasteiger partial charge in [-0.1, -0.05) is 5.16 Å². The summed E-state index contributed by atoms with van der Waals surface area (Å²) in [6.07, 6.45) is 1.54. The van der Waals surface area contributed by atoms with Crippen molar-refractivity contribution in [3.8, 4) is 34.7 Å². The van der Waals surface area contributed by atoms with Gasteiger partial charge in [0, 0.05) is 16.5 Å². The topological polar surface area (TPSA) is 127 Å². The van der Waals surface area contributed by atoms with Crippen LogP contribution in [-0.4, -0.2) is 37.1 Å². The molecule has 150 valence electrons. The summed E-state index contributed by atoms with van der Waals surface area (Å²) in [4.78, 5) is 15.4. The summed E-state index contributed by atoms with van der Waals surface area (Å²) in [6, 6.07) is 12.6. The Labute approximate surface area is 171 Å². The third-order valence-electron chi connectivity index (χ3n) is 4.32. The highest BCUT2D eigenvalue weighted by Crippen LogP contribution is 2.28. The molecule has 0 radical (unpaired) electrons. The third-order valence-corrected chi connectivity index (χ3v) is 4.32. The number of carbonyl (C=O) groups is 1. The highest BCUT2D eigenvalue weighted by molar-refractivity contribution is 5.84. The minimum atomic E-state index is -0.964. The molecule has 9 heteroatoms. The number of nitrogens with zero attached hydrogens (tertiary/aromatic N) is 5. The molecule has 0 atom stereocenters. The van der Waals surface area contributed by atoms with Crippen LogP contribution in [0.1, 0.15) is 19.4 Å². The summed E-state index contributed by atoms with van der Waals surface area (Å²) < 4.78 is 12.4. The Balaban J connectivity index is 1.64. The van der Waals surface area contributed by atoms with Gasteiger partial charge in [-0.15, -0.1) is 0 Å². The molecular weight excluding hydrogens is 386 g/mol. The number of hydrogen-bond acceptors (Lipinski definition) is 7. The molecule has 0 amide bonds. The summed E-state index contributed by atoms with van der Waals surface area (Å²) >= 11 is 0. The van der Waals surface area contributed by atoms with Crippen LogP contribution in [-0.2, 0) is 11.3 Å². The summed E-state index contributed by atoms with van der Waals surface area (Å²) in [5.74, 6) is 0.186. The molecule has 0 bridgehead atoms. The van der Waals surface area contributed by atoms with Gasteiger partial charge >= 0.3 is 5.97 Å². The molecule has 1 N–H and O–H groups in total. The van der Waals surface area contributed by atoms with E-state index in [0.29, 0.717) is 33.8 Å². The third kappa shape index (κ3) is 3.71. The van der Waals surface area contributed by atoms with E-state index >= 15 is 0 Å². The number of rotatable bonds is 6. The maximum Gasteiger partial charge on any atom is 0.325 e. The molecule has 0 spiro atoms. The molecular formula is C21H17N5O4. The maximum atomic E-state index is 10.9. The van der Waals surface area contributed by atoms with Crippen LogP contribution in [0.5, 0.6) is 5.75 Å². The van der Waals surface area contributed by atoms with Crippen molar-refractivity contribution < 1.29 is 19.2 Å². The molecule has 0 saturated carbocycles. The number of nitriles is 1. The minimum Gasteiger partial charge on any atom is -0.490 e. The second-order valence-corrected chi connectivity index (χ2v) is 6.88. The fraction of sp³-hybridized carbons (Fsp3) is 0.190. The van der Waals surface area contributed by atoms with Crippen molar-refractivity contribution in [2.45, 2.75) is 26.5 Å². The van der Waals surface area contributed by atoms with Gasteiger partial charge in [0.05, 0.1) is 23.4 Å². The van der Waals surface area contributed by atoms with Gasteiger partial charge in [-0.2, -0.15) is 15.3 Å². The molecule has 9 nitrogen and oxygen atoms in total. The van der Waals surface area contributed by atoms with E-state index in [1.165, 1.54) is 4.68 Å². The highest BCUT2D eigenvalue weighted by Gasteiger charge is 2.15. The van der Waals surface area contributed by atoms with Gasteiger partial charge in [0.15, 0.2) is 0 Å². The van der Waals surface area contributed by atoms with Gasteiger partial charge in [-0.25, -0.2) is 0 Å². The lowest BCUT2D eigenvalue weighted by atomic mass is 10.1. The number of aromatic nitrogens is 4. The normalized spacial score (nSPS) is 11.0. The average molecular weight is 403 g/mol. The van der Waals surface area contributed by atoms with E-state index in [-0.39, 0.29) is 18.5 Å². The number of fused-ring (bicyclic) bond motifs is 1. The van der Waals surface area contributed by atoms with E-state index < -0.39 is 5.97 Å². The summed E-state index contributed by atoms with van der Waals surface area (Å²) in [5.41, 5.74) is 2.39. The Morgan fingerprint density at radius 1 is 1.27 bits per heavy atom. The Morgan fingerprint density at radius 2 is 2.07 bits per heavy atom. The van der Waals surface area contributed by atoms with Crippen LogP contribution in [0.4, 0.5) is 0 Å². The molecule has 4 rings (SSSR count). The standard InChI is InChI=1S/C21H17N5O4/c1-12(2)29-18-6-4-14(8-15(18)9-22)21-24-20(25-30-21)13-3-5-17-16(7-13)10-23-26(17)11-19(27)28/h3-8,10,12H,11H2,1-2H3,(H,27,28). The van der Waals surface area contributed by atoms with Crippen molar-refractivity contribution in [2.75, 3.05) is 0 Å². The summed E-state index contributed by atoms with van der Waals surface area (Å²) in [6.45, 7) is 3.57. The largest absolute Gasteiger partial charge is 0.490 e. The SMILES string of the molecule is CC(C)Oc1ccc(-c2nc(-c3ccc4c(cnn4CC(=O)O)c3)no2)cc1C#N. The molecule has 2 heterocycles. The van der Waals surface area contributed by atoms with Crippen LogP contribution < -0.4 is 4.74 Å². The average Bonchev–Trinajstić information content (AvgIpc) is 3.35. The van der Waals surface area contributed by atoms with Crippen LogP contribution >= 0.6 is 0 Å². The molecule has 4 aromatic rings. The van der Waals surface area contributed by atoms with Crippen molar-refractivity contribution in [1.29, 1.82) is 5.26 Å². The van der Waals surface area contributed by atoms with Crippen molar-refractivity contribution >= 4 is 16.9 Å². The molecule has 2 aromatic heterocycles. The van der Waals surface area contributed by atoms with Gasteiger partial charge in [-0.3, -0.25) is 9.48 Å². The molecule has 0 fully saturated rings. The van der Waals surface area contributed by atoms with Crippen LogP contribution in [0.15, 0.2) is 47.1 Å². The minimum absolute atomic E-state index is 0.0484. The van der Waals surface area contributed by atoms with E-state index in [9.17, 15) is 10.1 Å². The molecule has 0 aliphatic carbocycles. The predicted octanol–water partition coefficient (Wildman–Crippen LogP) is 3.50. The van der Waals surface area contributed by atoms with Crippen LogP contribution in [0.2, 0.25) is 0 Å². The van der Waals surface area contributed by atoms with E-state index in [1.54, 1.807) is 36.5 Å². The summed E-state index contributed by atoms with van der Waals surface area (Å²) in [7, 11) is 0. The predicted molar refractivity (Wildman–Crippen MR) is 107 cm³/mol. The molecule has 30 heavy (non-hydrogen) atoms. The number of aliphatic carboxylic acids is 1. The van der Waals surface area contributed by atoms with Gasteiger partial charge in [-0.05, 0) is 50.2 Å². The molecule has 2 aromatic carbocycles. The van der Waals surface area contributed by atoms with Crippen molar-refractivity contribution in [2.24, 2.45) is 0 Å². The van der Waals surface area contributed by atoms with E-state index in [4.69, 9.17) is 14.4 Å². The molecule has 0 unspecified atom stereocenters. The second kappa shape index (κ2) is 7.67. The van der Waals surface area contributed by atoms with Crippen LogP contribution in [0.25, 0.3) is 33.7 Å². The Kier molecular flexibility index (Phi) is 4.90. The van der Waals surface area contributed by atoms with Gasteiger partial charge < -0.3 is 14.4 Å². The lowest BCUT2D eigenvalue weighted by Crippen LogP contribution is -2.09. The molecule has 0 saturated heterocycles. The monoisotopic (exact) mass is 403 g/mol. The van der Waals surface area contributed by atoms with E-state index in [0.717, 1.165) is 5.39 Å². The Hall–Kier alpha value is -4.19. The lowest BCUT2D eigenvalue weighted by Gasteiger charge is -2.11. The zero-order valence-electron chi connectivity index (χ0n) is 16.2. The first-order valence-electron chi connectivity index (χ1n) is 9.17. The number of ether oxygens (including phenoxy) is 1. The van der Waals surface area contributed by atoms with Crippen LogP contribution in [0, 0.1) is 11.3 Å². The molecule has 0 aliphatic heterocycles. The Bertz CT molecular complexity index is 1280. The quantitative estimate of drug-likeness (QED) is 0.518. The van der Waals surface area contributed by atoms with Gasteiger partial charge in [0.2, 0.25) is 5.82 Å². The zero-order valence-corrected chi connectivity index (χ0v) is 16.2. The first kappa shape index (κ1) is 19.1. The van der Waals surface area contributed by atoms with Crippen molar-refractivity contribution in [3.63, 3.8) is 0 Å². The molecule has 0 aliphatic rings. The number of carboxylic acid groups (broad SMARTS) is 1. The highest BCUT2D eigenvalue weighted by atomic mass is 16.5. The van der Waals surface area contributed by atoms with E-state index in [1.807, 2.05) is 19.9 Å².